The van der Waals surface area contributed by atoms with Crippen molar-refractivity contribution in [2.24, 2.45) is 5.41 Å². The largest absolute Gasteiger partial charge is 0.444 e. The molecule has 136 valence electrons. The number of aromatic nitrogens is 1. The number of nitrogens with zero attached hydrogens (tertiary/aromatic N) is 1. The average molecular weight is 335 g/mol. The van der Waals surface area contributed by atoms with E-state index in [2.05, 4.69) is 23.3 Å². The van der Waals surface area contributed by atoms with Crippen molar-refractivity contribution in [1.29, 1.82) is 0 Å². The lowest BCUT2D eigenvalue weighted by Crippen LogP contribution is -2.48. The van der Waals surface area contributed by atoms with E-state index in [-0.39, 0.29) is 6.09 Å². The van der Waals surface area contributed by atoms with Gasteiger partial charge in [-0.25, -0.2) is 4.79 Å². The van der Waals surface area contributed by atoms with Gasteiger partial charge in [0.05, 0.1) is 0 Å². The number of carbonyl (C=O) groups is 1. The standard InChI is InChI=1S/C19H33N3O2/c1-5-8-19(15-20-14-16-7-6-11-21-16)9-12-22(13-10-19)17(23)24-18(2,3)4/h6-7,11,20-21H,5,8-10,12-15H2,1-4H3. The van der Waals surface area contributed by atoms with E-state index in [4.69, 9.17) is 4.74 Å². The molecule has 1 amide bonds. The fourth-order valence-corrected chi connectivity index (χ4v) is 3.48. The Hall–Kier alpha value is -1.49. The monoisotopic (exact) mass is 335 g/mol. The zero-order valence-corrected chi connectivity index (χ0v) is 15.7. The van der Waals surface area contributed by atoms with Gasteiger partial charge in [-0.2, -0.15) is 0 Å². The Labute approximate surface area is 146 Å². The molecule has 2 rings (SSSR count). The van der Waals surface area contributed by atoms with Gasteiger partial charge < -0.3 is 19.9 Å². The zero-order valence-electron chi connectivity index (χ0n) is 15.7. The minimum absolute atomic E-state index is 0.174. The van der Waals surface area contributed by atoms with Crippen LogP contribution in [0.5, 0.6) is 0 Å². The fourth-order valence-electron chi connectivity index (χ4n) is 3.48. The molecule has 5 nitrogen and oxygen atoms in total. The minimum atomic E-state index is -0.424. The second-order valence-corrected chi connectivity index (χ2v) is 8.02. The number of piperidine rings is 1. The van der Waals surface area contributed by atoms with E-state index in [0.29, 0.717) is 5.41 Å². The minimum Gasteiger partial charge on any atom is -0.444 e. The summed E-state index contributed by atoms with van der Waals surface area (Å²) in [4.78, 5) is 17.3. The third-order valence-electron chi connectivity index (χ3n) is 4.73. The van der Waals surface area contributed by atoms with Crippen molar-refractivity contribution in [2.45, 2.75) is 65.5 Å². The Morgan fingerprint density at radius 2 is 2.08 bits per heavy atom. The lowest BCUT2D eigenvalue weighted by molar-refractivity contribution is 0.00876. The molecule has 0 bridgehead atoms. The van der Waals surface area contributed by atoms with Gasteiger partial charge in [-0.1, -0.05) is 13.3 Å². The Bertz CT molecular complexity index is 497. The van der Waals surface area contributed by atoms with Crippen molar-refractivity contribution < 1.29 is 9.53 Å². The molecule has 0 aromatic carbocycles. The van der Waals surface area contributed by atoms with Crippen LogP contribution >= 0.6 is 0 Å². The van der Waals surface area contributed by atoms with E-state index in [0.717, 1.165) is 39.0 Å². The molecule has 1 aromatic heterocycles. The molecule has 1 saturated heterocycles. The fraction of sp³-hybridized carbons (Fsp3) is 0.737. The maximum atomic E-state index is 12.2. The molecule has 1 aliphatic heterocycles. The summed E-state index contributed by atoms with van der Waals surface area (Å²) >= 11 is 0. The normalized spacial score (nSPS) is 17.8. The zero-order chi connectivity index (χ0) is 17.6. The lowest BCUT2D eigenvalue weighted by atomic mass is 9.75. The quantitative estimate of drug-likeness (QED) is 0.828. The first-order valence-electron chi connectivity index (χ1n) is 9.14. The molecular formula is C19H33N3O2. The van der Waals surface area contributed by atoms with E-state index >= 15 is 0 Å². The maximum absolute atomic E-state index is 12.2. The van der Waals surface area contributed by atoms with Gasteiger partial charge in [0.2, 0.25) is 0 Å². The third-order valence-corrected chi connectivity index (χ3v) is 4.73. The molecule has 24 heavy (non-hydrogen) atoms. The number of likely N-dealkylation sites (tertiary alicyclic amines) is 1. The van der Waals surface area contributed by atoms with Crippen LogP contribution in [0.1, 0.15) is 59.1 Å². The number of amides is 1. The number of carbonyl (C=O) groups excluding carboxylic acids is 1. The lowest BCUT2D eigenvalue weighted by Gasteiger charge is -2.42. The Morgan fingerprint density at radius 3 is 2.62 bits per heavy atom. The smallest absolute Gasteiger partial charge is 0.410 e. The summed E-state index contributed by atoms with van der Waals surface area (Å²) < 4.78 is 5.50. The van der Waals surface area contributed by atoms with Gasteiger partial charge in [0.1, 0.15) is 5.60 Å². The van der Waals surface area contributed by atoms with E-state index in [1.807, 2.05) is 37.9 Å². The first-order valence-corrected chi connectivity index (χ1v) is 9.14. The first kappa shape index (κ1) is 18.8. The Morgan fingerprint density at radius 1 is 1.38 bits per heavy atom. The number of aromatic amines is 1. The molecule has 0 saturated carbocycles. The summed E-state index contributed by atoms with van der Waals surface area (Å²) in [6.07, 6.45) is 6.24. The van der Waals surface area contributed by atoms with E-state index in [9.17, 15) is 4.79 Å². The van der Waals surface area contributed by atoms with Gasteiger partial charge >= 0.3 is 6.09 Å². The first-order chi connectivity index (χ1) is 11.3. The van der Waals surface area contributed by atoms with E-state index in [1.165, 1.54) is 18.5 Å². The molecule has 1 aromatic rings. The average Bonchev–Trinajstić information content (AvgIpc) is 3.00. The van der Waals surface area contributed by atoms with E-state index in [1.54, 1.807) is 0 Å². The highest BCUT2D eigenvalue weighted by Crippen LogP contribution is 2.36. The van der Waals surface area contributed by atoms with Crippen LogP contribution in [-0.4, -0.2) is 41.2 Å². The van der Waals surface area contributed by atoms with Crippen molar-refractivity contribution in [1.82, 2.24) is 15.2 Å². The topological polar surface area (TPSA) is 57.4 Å². The highest BCUT2D eigenvalue weighted by atomic mass is 16.6. The Kier molecular flexibility index (Phi) is 6.33. The third kappa shape index (κ3) is 5.55. The van der Waals surface area contributed by atoms with Gasteiger partial charge in [-0.15, -0.1) is 0 Å². The highest BCUT2D eigenvalue weighted by Gasteiger charge is 2.36. The van der Waals surface area contributed by atoms with Crippen LogP contribution in [0.3, 0.4) is 0 Å². The Balaban J connectivity index is 1.84. The van der Waals surface area contributed by atoms with Crippen molar-refractivity contribution >= 4 is 6.09 Å². The summed E-state index contributed by atoms with van der Waals surface area (Å²) in [5.41, 5.74) is 1.08. The molecule has 2 heterocycles. The maximum Gasteiger partial charge on any atom is 0.410 e. The molecule has 1 aliphatic rings. The SMILES string of the molecule is CCCC1(CNCc2ccc[nH]2)CCN(C(=O)OC(C)(C)C)CC1. The molecule has 0 spiro atoms. The molecule has 0 unspecified atom stereocenters. The molecule has 1 fully saturated rings. The summed E-state index contributed by atoms with van der Waals surface area (Å²) in [5, 5.41) is 3.60. The van der Waals surface area contributed by atoms with Gasteiger partial charge in [0, 0.05) is 38.1 Å². The van der Waals surface area contributed by atoms with Crippen molar-refractivity contribution in [3.05, 3.63) is 24.0 Å². The predicted octanol–water partition coefficient (Wildman–Crippen LogP) is 3.92. The van der Waals surface area contributed by atoms with Crippen molar-refractivity contribution in [3.8, 4) is 0 Å². The van der Waals surface area contributed by atoms with E-state index < -0.39 is 5.60 Å². The van der Waals surface area contributed by atoms with Crippen LogP contribution in [0.4, 0.5) is 4.79 Å². The second kappa shape index (κ2) is 8.06. The van der Waals surface area contributed by atoms with Gasteiger partial charge in [-0.3, -0.25) is 0 Å². The number of H-pyrrole nitrogens is 1. The van der Waals surface area contributed by atoms with Crippen LogP contribution in [0.25, 0.3) is 0 Å². The van der Waals surface area contributed by atoms with Gasteiger partial charge in [0.25, 0.3) is 0 Å². The van der Waals surface area contributed by atoms with Crippen LogP contribution in [0.2, 0.25) is 0 Å². The molecule has 0 aliphatic carbocycles. The van der Waals surface area contributed by atoms with Crippen LogP contribution in [0, 0.1) is 5.41 Å². The number of nitrogens with one attached hydrogen (secondary N) is 2. The van der Waals surface area contributed by atoms with Gasteiger partial charge in [0.15, 0.2) is 0 Å². The number of hydrogen-bond donors (Lipinski definition) is 2. The summed E-state index contributed by atoms with van der Waals surface area (Å²) in [5.74, 6) is 0. The molecular weight excluding hydrogens is 302 g/mol. The van der Waals surface area contributed by atoms with Gasteiger partial charge in [-0.05, 0) is 57.6 Å². The summed E-state index contributed by atoms with van der Waals surface area (Å²) in [6, 6.07) is 4.13. The van der Waals surface area contributed by atoms with Crippen LogP contribution < -0.4 is 5.32 Å². The predicted molar refractivity (Wildman–Crippen MR) is 96.9 cm³/mol. The summed E-state index contributed by atoms with van der Waals surface area (Å²) in [6.45, 7) is 11.4. The number of rotatable bonds is 6. The van der Waals surface area contributed by atoms with Crippen molar-refractivity contribution in [2.75, 3.05) is 19.6 Å². The van der Waals surface area contributed by atoms with Crippen LogP contribution in [0.15, 0.2) is 18.3 Å². The number of ether oxygens (including phenoxy) is 1. The molecule has 2 N–H and O–H groups in total. The second-order valence-electron chi connectivity index (χ2n) is 8.02. The highest BCUT2D eigenvalue weighted by molar-refractivity contribution is 5.68. The summed E-state index contributed by atoms with van der Waals surface area (Å²) in [7, 11) is 0. The number of hydrogen-bond acceptors (Lipinski definition) is 3. The molecule has 5 heteroatoms. The molecule has 0 radical (unpaired) electrons. The van der Waals surface area contributed by atoms with Crippen LogP contribution in [-0.2, 0) is 11.3 Å². The molecule has 0 atom stereocenters. The van der Waals surface area contributed by atoms with Crippen molar-refractivity contribution in [3.63, 3.8) is 0 Å².